The number of carbonyl (C=O) groups is 1. The second kappa shape index (κ2) is 7.51. The molecule has 0 unspecified atom stereocenters. The molecule has 1 aliphatic rings. The van der Waals surface area contributed by atoms with Crippen molar-refractivity contribution in [2.75, 3.05) is 32.7 Å². The molecule has 0 spiro atoms. The molecule has 1 rings (SSSR count). The highest BCUT2D eigenvalue weighted by Crippen LogP contribution is 2.07. The first-order valence-corrected chi connectivity index (χ1v) is 6.07. The highest BCUT2D eigenvalue weighted by Gasteiger charge is 2.09. The Balaban J connectivity index is 1.86. The van der Waals surface area contributed by atoms with Gasteiger partial charge in [-0.05, 0) is 52.2 Å². The van der Waals surface area contributed by atoms with Crippen LogP contribution in [0.15, 0.2) is 0 Å². The molecule has 0 atom stereocenters. The van der Waals surface area contributed by atoms with Crippen molar-refractivity contribution in [2.24, 2.45) is 0 Å². The van der Waals surface area contributed by atoms with Gasteiger partial charge in [0, 0.05) is 13.1 Å². The Kier molecular flexibility index (Phi) is 6.16. The van der Waals surface area contributed by atoms with Crippen LogP contribution in [0.4, 0.5) is 4.79 Å². The van der Waals surface area contributed by atoms with Crippen LogP contribution in [0.2, 0.25) is 0 Å². The fourth-order valence-corrected chi connectivity index (χ4v) is 1.89. The van der Waals surface area contributed by atoms with Crippen LogP contribution in [0, 0.1) is 0 Å². The van der Waals surface area contributed by atoms with Gasteiger partial charge in [0.25, 0.3) is 0 Å². The number of hydrogen-bond donors (Lipinski definition) is 2. The smallest absolute Gasteiger partial charge is 0.314 e. The monoisotopic (exact) mass is 213 g/mol. The highest BCUT2D eigenvalue weighted by molar-refractivity contribution is 5.73. The van der Waals surface area contributed by atoms with Crippen molar-refractivity contribution in [3.63, 3.8) is 0 Å². The predicted octanol–water partition coefficient (Wildman–Crippen LogP) is 1.18. The predicted molar refractivity (Wildman–Crippen MR) is 62.0 cm³/mol. The van der Waals surface area contributed by atoms with Crippen molar-refractivity contribution in [3.8, 4) is 0 Å². The lowest BCUT2D eigenvalue weighted by Crippen LogP contribution is -2.35. The van der Waals surface area contributed by atoms with E-state index in [9.17, 15) is 4.79 Å². The first-order valence-electron chi connectivity index (χ1n) is 6.07. The third kappa shape index (κ3) is 5.62. The van der Waals surface area contributed by atoms with Crippen molar-refractivity contribution in [1.29, 1.82) is 0 Å². The first kappa shape index (κ1) is 12.3. The van der Waals surface area contributed by atoms with E-state index in [0.717, 1.165) is 13.0 Å². The molecule has 4 nitrogen and oxygen atoms in total. The van der Waals surface area contributed by atoms with Crippen molar-refractivity contribution >= 4 is 6.03 Å². The second-order valence-corrected chi connectivity index (χ2v) is 4.04. The lowest BCUT2D eigenvalue weighted by molar-refractivity contribution is 0.241. The van der Waals surface area contributed by atoms with Gasteiger partial charge in [0.2, 0.25) is 0 Å². The molecule has 0 saturated carbocycles. The van der Waals surface area contributed by atoms with Gasteiger partial charge >= 0.3 is 6.03 Å². The van der Waals surface area contributed by atoms with Crippen molar-refractivity contribution in [3.05, 3.63) is 0 Å². The SMILES string of the molecule is CCNC(=O)NCCCCN1CCCC1. The largest absolute Gasteiger partial charge is 0.338 e. The molecule has 0 aromatic carbocycles. The third-order valence-corrected chi connectivity index (χ3v) is 2.72. The molecule has 0 aliphatic carbocycles. The maximum Gasteiger partial charge on any atom is 0.314 e. The fourth-order valence-electron chi connectivity index (χ4n) is 1.89. The van der Waals surface area contributed by atoms with Crippen LogP contribution in [0.3, 0.4) is 0 Å². The number of rotatable bonds is 6. The van der Waals surface area contributed by atoms with E-state index < -0.39 is 0 Å². The van der Waals surface area contributed by atoms with Gasteiger partial charge in [-0.3, -0.25) is 0 Å². The molecular weight excluding hydrogens is 190 g/mol. The number of carbonyl (C=O) groups excluding carboxylic acids is 1. The summed E-state index contributed by atoms with van der Waals surface area (Å²) < 4.78 is 0. The summed E-state index contributed by atoms with van der Waals surface area (Å²) in [7, 11) is 0. The second-order valence-electron chi connectivity index (χ2n) is 4.04. The minimum atomic E-state index is -0.0429. The van der Waals surface area contributed by atoms with Crippen LogP contribution in [0.25, 0.3) is 0 Å². The average Bonchev–Trinajstić information content (AvgIpc) is 2.70. The van der Waals surface area contributed by atoms with E-state index in [4.69, 9.17) is 0 Å². The van der Waals surface area contributed by atoms with E-state index in [-0.39, 0.29) is 6.03 Å². The van der Waals surface area contributed by atoms with Gasteiger partial charge in [-0.1, -0.05) is 0 Å². The maximum atomic E-state index is 11.0. The highest BCUT2D eigenvalue weighted by atomic mass is 16.2. The molecule has 2 N–H and O–H groups in total. The molecule has 1 heterocycles. The number of amides is 2. The molecule has 1 saturated heterocycles. The first-order chi connectivity index (χ1) is 7.33. The van der Waals surface area contributed by atoms with Gasteiger partial charge in [0.15, 0.2) is 0 Å². The Morgan fingerprint density at radius 1 is 1.20 bits per heavy atom. The Labute approximate surface area is 92.4 Å². The molecule has 0 aromatic rings. The Hall–Kier alpha value is -0.770. The lowest BCUT2D eigenvalue weighted by Gasteiger charge is -2.13. The van der Waals surface area contributed by atoms with E-state index in [1.54, 1.807) is 0 Å². The Morgan fingerprint density at radius 2 is 1.93 bits per heavy atom. The number of unbranched alkanes of at least 4 members (excludes halogenated alkanes) is 1. The molecule has 1 aliphatic heterocycles. The minimum Gasteiger partial charge on any atom is -0.338 e. The zero-order valence-corrected chi connectivity index (χ0v) is 9.72. The average molecular weight is 213 g/mol. The summed E-state index contributed by atoms with van der Waals surface area (Å²) in [5.41, 5.74) is 0. The van der Waals surface area contributed by atoms with Crippen LogP contribution in [-0.2, 0) is 0 Å². The normalized spacial score (nSPS) is 16.6. The van der Waals surface area contributed by atoms with Crippen LogP contribution in [0.5, 0.6) is 0 Å². The molecule has 2 amide bonds. The van der Waals surface area contributed by atoms with E-state index in [0.29, 0.717) is 6.54 Å². The molecule has 0 radical (unpaired) electrons. The van der Waals surface area contributed by atoms with Crippen LogP contribution in [-0.4, -0.2) is 43.7 Å². The van der Waals surface area contributed by atoms with Crippen LogP contribution >= 0.6 is 0 Å². The summed E-state index contributed by atoms with van der Waals surface area (Å²) in [6, 6.07) is -0.0429. The number of nitrogens with one attached hydrogen (secondary N) is 2. The molecule has 0 aromatic heterocycles. The summed E-state index contributed by atoms with van der Waals surface area (Å²) in [5, 5.41) is 5.56. The van der Waals surface area contributed by atoms with Crippen LogP contribution < -0.4 is 10.6 Å². The maximum absolute atomic E-state index is 11.0. The van der Waals surface area contributed by atoms with Gasteiger partial charge in [-0.2, -0.15) is 0 Å². The number of urea groups is 1. The standard InChI is InChI=1S/C11H23N3O/c1-2-12-11(15)13-7-3-4-8-14-9-5-6-10-14/h2-10H2,1H3,(H2,12,13,15). The number of likely N-dealkylation sites (tertiary alicyclic amines) is 1. The van der Waals surface area contributed by atoms with Gasteiger partial charge in [0.1, 0.15) is 0 Å². The lowest BCUT2D eigenvalue weighted by atomic mass is 10.3. The van der Waals surface area contributed by atoms with E-state index in [2.05, 4.69) is 15.5 Å². The third-order valence-electron chi connectivity index (χ3n) is 2.72. The van der Waals surface area contributed by atoms with Gasteiger partial charge in [-0.15, -0.1) is 0 Å². The summed E-state index contributed by atoms with van der Waals surface area (Å²) in [6.45, 7) is 7.14. The van der Waals surface area contributed by atoms with Crippen molar-refractivity contribution in [2.45, 2.75) is 32.6 Å². The topological polar surface area (TPSA) is 44.4 Å². The quantitative estimate of drug-likeness (QED) is 0.651. The number of hydrogen-bond acceptors (Lipinski definition) is 2. The summed E-state index contributed by atoms with van der Waals surface area (Å²) in [5.74, 6) is 0. The molecular formula is C11H23N3O. The van der Waals surface area contributed by atoms with E-state index in [1.165, 1.54) is 38.9 Å². The van der Waals surface area contributed by atoms with E-state index in [1.807, 2.05) is 6.92 Å². The van der Waals surface area contributed by atoms with Gasteiger partial charge < -0.3 is 15.5 Å². The number of nitrogens with zero attached hydrogens (tertiary/aromatic N) is 1. The summed E-state index contributed by atoms with van der Waals surface area (Å²) in [4.78, 5) is 13.5. The zero-order valence-electron chi connectivity index (χ0n) is 9.72. The van der Waals surface area contributed by atoms with Crippen molar-refractivity contribution in [1.82, 2.24) is 15.5 Å². The Bertz CT molecular complexity index is 179. The summed E-state index contributed by atoms with van der Waals surface area (Å²) >= 11 is 0. The molecule has 88 valence electrons. The van der Waals surface area contributed by atoms with E-state index >= 15 is 0 Å². The van der Waals surface area contributed by atoms with Gasteiger partial charge in [0.05, 0.1) is 0 Å². The van der Waals surface area contributed by atoms with Crippen LogP contribution in [0.1, 0.15) is 32.6 Å². The molecule has 1 fully saturated rings. The molecule has 0 bridgehead atoms. The van der Waals surface area contributed by atoms with Gasteiger partial charge in [-0.25, -0.2) is 4.79 Å². The fraction of sp³-hybridized carbons (Fsp3) is 0.909. The van der Waals surface area contributed by atoms with Crippen molar-refractivity contribution < 1.29 is 4.79 Å². The molecule has 15 heavy (non-hydrogen) atoms. The minimum absolute atomic E-state index is 0.0429. The Morgan fingerprint density at radius 3 is 2.60 bits per heavy atom. The summed E-state index contributed by atoms with van der Waals surface area (Å²) in [6.07, 6.45) is 4.98. The zero-order chi connectivity index (χ0) is 10.9. The molecule has 4 heteroatoms.